The van der Waals surface area contributed by atoms with Crippen LogP contribution in [0, 0.1) is 17.2 Å². The lowest BCUT2D eigenvalue weighted by molar-refractivity contribution is 0.287. The van der Waals surface area contributed by atoms with Gasteiger partial charge in [0.05, 0.1) is 5.70 Å². The Hall–Kier alpha value is -2.16. The Morgan fingerprint density at radius 2 is 1.71 bits per heavy atom. The smallest absolute Gasteiger partial charge is 0.0669 e. The second kappa shape index (κ2) is 11.0. The second-order valence-electron chi connectivity index (χ2n) is 8.10. The van der Waals surface area contributed by atoms with Crippen LogP contribution in [0.25, 0.3) is 0 Å². The molecule has 154 valence electrons. The standard InChI is InChI=1S/C24H38N4/c1-8-15(2)17(4)24(13-16(3)23(14-25)19(6)27)28-20(7)22-11-9-21(10-12-22)18(5)26/h13-14,18,21-22,25H,1,9-12,26-27H2,2-7H3/b16-13+,23-19+,24-17-,25-14?,28-20-. The molecule has 0 heterocycles. The summed E-state index contributed by atoms with van der Waals surface area (Å²) in [5, 5.41) is 7.66. The van der Waals surface area contributed by atoms with Crippen LogP contribution in [0.5, 0.6) is 0 Å². The van der Waals surface area contributed by atoms with Crippen molar-refractivity contribution >= 4 is 11.9 Å². The van der Waals surface area contributed by atoms with E-state index in [9.17, 15) is 0 Å². The molecule has 1 aliphatic carbocycles. The molecule has 1 saturated carbocycles. The van der Waals surface area contributed by atoms with Gasteiger partial charge in [-0.15, -0.1) is 5.73 Å². The van der Waals surface area contributed by atoms with Crippen molar-refractivity contribution in [1.29, 1.82) is 5.41 Å². The third-order valence-electron chi connectivity index (χ3n) is 5.96. The first-order chi connectivity index (χ1) is 13.1. The Bertz CT molecular complexity index is 743. The predicted octanol–water partition coefficient (Wildman–Crippen LogP) is 5.43. The summed E-state index contributed by atoms with van der Waals surface area (Å²) >= 11 is 0. The van der Waals surface area contributed by atoms with Crippen molar-refractivity contribution in [3.63, 3.8) is 0 Å². The summed E-state index contributed by atoms with van der Waals surface area (Å²) in [4.78, 5) is 5.02. The molecule has 28 heavy (non-hydrogen) atoms. The van der Waals surface area contributed by atoms with Crippen LogP contribution in [0.15, 0.2) is 57.1 Å². The van der Waals surface area contributed by atoms with E-state index in [0.717, 1.165) is 46.5 Å². The fourth-order valence-electron chi connectivity index (χ4n) is 3.71. The molecule has 1 fully saturated rings. The Morgan fingerprint density at radius 3 is 2.14 bits per heavy atom. The molecule has 1 rings (SSSR count). The summed E-state index contributed by atoms with van der Waals surface area (Å²) in [6.07, 6.45) is 7.93. The van der Waals surface area contributed by atoms with E-state index in [1.54, 1.807) is 0 Å². The van der Waals surface area contributed by atoms with E-state index < -0.39 is 0 Å². The van der Waals surface area contributed by atoms with E-state index in [0.29, 0.717) is 17.5 Å². The fraction of sp³-hybridized carbons (Fsp3) is 0.542. The van der Waals surface area contributed by atoms with Crippen LogP contribution in [0.1, 0.15) is 67.2 Å². The highest BCUT2D eigenvalue weighted by molar-refractivity contribution is 5.86. The van der Waals surface area contributed by atoms with E-state index in [1.807, 2.05) is 33.8 Å². The van der Waals surface area contributed by atoms with E-state index in [2.05, 4.69) is 26.2 Å². The maximum absolute atomic E-state index is 7.66. The molecule has 4 nitrogen and oxygen atoms in total. The maximum atomic E-state index is 7.66. The number of aliphatic imine (C=N–C) groups is 1. The second-order valence-corrected chi connectivity index (χ2v) is 8.10. The van der Waals surface area contributed by atoms with Gasteiger partial charge in [0.25, 0.3) is 0 Å². The van der Waals surface area contributed by atoms with Gasteiger partial charge in [0.2, 0.25) is 0 Å². The molecule has 0 bridgehead atoms. The van der Waals surface area contributed by atoms with Crippen molar-refractivity contribution in [1.82, 2.24) is 0 Å². The van der Waals surface area contributed by atoms with Crippen molar-refractivity contribution in [3.05, 3.63) is 52.1 Å². The van der Waals surface area contributed by atoms with Gasteiger partial charge in [-0.3, -0.25) is 4.99 Å². The van der Waals surface area contributed by atoms with Crippen molar-refractivity contribution in [2.45, 2.75) is 73.3 Å². The summed E-state index contributed by atoms with van der Waals surface area (Å²) in [5.74, 6) is 1.12. The highest BCUT2D eigenvalue weighted by Crippen LogP contribution is 2.32. The topological polar surface area (TPSA) is 88.2 Å². The molecule has 0 radical (unpaired) electrons. The lowest BCUT2D eigenvalue weighted by Gasteiger charge is -2.30. The van der Waals surface area contributed by atoms with Gasteiger partial charge in [-0.2, -0.15) is 0 Å². The van der Waals surface area contributed by atoms with Gasteiger partial charge in [-0.25, -0.2) is 0 Å². The monoisotopic (exact) mass is 382 g/mol. The first kappa shape index (κ1) is 23.9. The molecular formula is C24H38N4. The van der Waals surface area contributed by atoms with Crippen molar-refractivity contribution in [2.24, 2.45) is 28.3 Å². The molecule has 0 aromatic rings. The molecule has 1 unspecified atom stereocenters. The van der Waals surface area contributed by atoms with Crippen LogP contribution < -0.4 is 11.5 Å². The third-order valence-corrected chi connectivity index (χ3v) is 5.96. The number of nitrogens with one attached hydrogen (secondary N) is 1. The first-order valence-corrected chi connectivity index (χ1v) is 10.2. The molecule has 1 aliphatic rings. The largest absolute Gasteiger partial charge is 0.402 e. The van der Waals surface area contributed by atoms with Gasteiger partial charge >= 0.3 is 0 Å². The predicted molar refractivity (Wildman–Crippen MR) is 123 cm³/mol. The summed E-state index contributed by atoms with van der Waals surface area (Å²) in [6.45, 7) is 15.8. The third kappa shape index (κ3) is 6.47. The number of allylic oxidation sites excluding steroid dienone is 6. The van der Waals surface area contributed by atoms with Crippen molar-refractivity contribution < 1.29 is 0 Å². The highest BCUT2D eigenvalue weighted by atomic mass is 14.8. The molecule has 0 aliphatic heterocycles. The van der Waals surface area contributed by atoms with E-state index >= 15 is 0 Å². The normalized spacial score (nSPS) is 24.0. The summed E-state index contributed by atoms with van der Waals surface area (Å²) in [6, 6.07) is 0.271. The van der Waals surface area contributed by atoms with Crippen LogP contribution >= 0.6 is 0 Å². The summed E-state index contributed by atoms with van der Waals surface area (Å²) in [5.41, 5.74) is 21.3. The Labute approximate surface area is 171 Å². The Kier molecular flexibility index (Phi) is 9.37. The van der Waals surface area contributed by atoms with E-state index in [1.165, 1.54) is 19.1 Å². The van der Waals surface area contributed by atoms with Crippen LogP contribution in [-0.4, -0.2) is 18.0 Å². The molecule has 1 atom stereocenters. The van der Waals surface area contributed by atoms with Gasteiger partial charge in [0, 0.05) is 29.2 Å². The number of hydrogen-bond acceptors (Lipinski definition) is 4. The fourth-order valence-corrected chi connectivity index (χ4v) is 3.71. The molecule has 4 heteroatoms. The van der Waals surface area contributed by atoms with Gasteiger partial charge in [-0.05, 0) is 102 Å². The summed E-state index contributed by atoms with van der Waals surface area (Å²) < 4.78 is 0. The quantitative estimate of drug-likeness (QED) is 0.311. The minimum atomic E-state index is 0.271. The minimum Gasteiger partial charge on any atom is -0.402 e. The number of nitrogens with zero attached hydrogens (tertiary/aromatic N) is 1. The molecular weight excluding hydrogens is 344 g/mol. The Balaban J connectivity index is 3.28. The lowest BCUT2D eigenvalue weighted by Crippen LogP contribution is -2.31. The van der Waals surface area contributed by atoms with Gasteiger partial charge < -0.3 is 16.9 Å². The van der Waals surface area contributed by atoms with Crippen molar-refractivity contribution in [3.8, 4) is 0 Å². The number of rotatable bonds is 7. The van der Waals surface area contributed by atoms with Gasteiger partial charge in [-0.1, -0.05) is 6.58 Å². The average Bonchev–Trinajstić information content (AvgIpc) is 2.66. The first-order valence-electron chi connectivity index (χ1n) is 10.2. The zero-order valence-corrected chi connectivity index (χ0v) is 18.5. The minimum absolute atomic E-state index is 0.271. The van der Waals surface area contributed by atoms with Crippen LogP contribution in [0.4, 0.5) is 0 Å². The zero-order valence-electron chi connectivity index (χ0n) is 18.5. The lowest BCUT2D eigenvalue weighted by atomic mass is 9.77. The maximum Gasteiger partial charge on any atom is 0.0669 e. The zero-order chi connectivity index (χ0) is 21.4. The number of hydrogen-bond donors (Lipinski definition) is 3. The molecule has 0 aromatic carbocycles. The van der Waals surface area contributed by atoms with Crippen LogP contribution in [0.2, 0.25) is 0 Å². The SMILES string of the molecule is C=C=C(C)/C(C)=C(/C=C(C)/C(C=N)=C(\C)N)\N=C(\C)C1CCC(C(C)N)CC1. The highest BCUT2D eigenvalue weighted by Gasteiger charge is 2.25. The Morgan fingerprint density at radius 1 is 1.14 bits per heavy atom. The van der Waals surface area contributed by atoms with Gasteiger partial charge in [0.15, 0.2) is 0 Å². The molecule has 5 N–H and O–H groups in total. The summed E-state index contributed by atoms with van der Waals surface area (Å²) in [7, 11) is 0. The van der Waals surface area contributed by atoms with Crippen molar-refractivity contribution in [2.75, 3.05) is 0 Å². The molecule has 0 amide bonds. The van der Waals surface area contributed by atoms with Crippen LogP contribution in [0.3, 0.4) is 0 Å². The van der Waals surface area contributed by atoms with Gasteiger partial charge in [0.1, 0.15) is 0 Å². The average molecular weight is 383 g/mol. The van der Waals surface area contributed by atoms with E-state index in [4.69, 9.17) is 21.9 Å². The van der Waals surface area contributed by atoms with Crippen LogP contribution in [-0.2, 0) is 0 Å². The molecule has 0 aromatic heterocycles. The molecule has 0 spiro atoms. The van der Waals surface area contributed by atoms with E-state index in [-0.39, 0.29) is 6.04 Å². The number of nitrogens with two attached hydrogens (primary N) is 2. The molecule has 0 saturated heterocycles.